The van der Waals surface area contributed by atoms with Crippen LogP contribution in [0.25, 0.3) is 0 Å². The summed E-state index contributed by atoms with van der Waals surface area (Å²) in [5.74, 6) is 0. The Morgan fingerprint density at radius 1 is 1.08 bits per heavy atom. The Balaban J connectivity index is 2.07. The van der Waals surface area contributed by atoms with Crippen LogP contribution in [0.3, 0.4) is 0 Å². The van der Waals surface area contributed by atoms with Gasteiger partial charge in [0.05, 0.1) is 13.2 Å². The molecular weight excluding hydrogens is 460 g/mol. The molecule has 26 heavy (non-hydrogen) atoms. The lowest BCUT2D eigenvalue weighted by atomic mass is 10.1. The van der Waals surface area contributed by atoms with Gasteiger partial charge < -0.3 is 13.9 Å². The molecule has 8 heteroatoms. The maximum Gasteiger partial charge on any atom is 0.373 e. The first-order valence-electron chi connectivity index (χ1n) is 8.26. The molecular formula is C18H19BrCl2NO3P. The highest BCUT2D eigenvalue weighted by molar-refractivity contribution is 9.10. The van der Waals surface area contributed by atoms with Crippen LogP contribution in [-0.2, 0) is 13.6 Å². The maximum atomic E-state index is 13.5. The summed E-state index contributed by atoms with van der Waals surface area (Å²) in [6.07, 6.45) is 0. The number of nitrogens with zero attached hydrogens (tertiary/aromatic N) is 1. The van der Waals surface area contributed by atoms with Crippen LogP contribution in [0.4, 0.5) is 5.69 Å². The lowest BCUT2D eigenvalue weighted by molar-refractivity contribution is 0.216. The second kappa shape index (κ2) is 7.83. The largest absolute Gasteiger partial charge is 0.373 e. The number of hydrogen-bond acceptors (Lipinski definition) is 4. The molecule has 2 aromatic carbocycles. The van der Waals surface area contributed by atoms with Crippen LogP contribution in [0.5, 0.6) is 0 Å². The molecule has 1 aliphatic rings. The molecule has 0 radical (unpaired) electrons. The Bertz CT molecular complexity index is 755. The van der Waals surface area contributed by atoms with E-state index in [1.165, 1.54) is 0 Å². The van der Waals surface area contributed by atoms with Crippen LogP contribution in [0.2, 0.25) is 5.02 Å². The minimum atomic E-state index is -3.61. The van der Waals surface area contributed by atoms with Gasteiger partial charge in [-0.3, -0.25) is 4.57 Å². The number of halogens is 3. The van der Waals surface area contributed by atoms with Gasteiger partial charge in [-0.05, 0) is 55.8 Å². The van der Waals surface area contributed by atoms with Gasteiger partial charge in [0.15, 0.2) is 0 Å². The highest BCUT2D eigenvalue weighted by Gasteiger charge is 2.75. The monoisotopic (exact) mass is 477 g/mol. The van der Waals surface area contributed by atoms with E-state index in [1.54, 1.807) is 26.0 Å². The van der Waals surface area contributed by atoms with E-state index < -0.39 is 12.3 Å². The molecule has 1 aliphatic heterocycles. The molecule has 0 aliphatic carbocycles. The van der Waals surface area contributed by atoms with Crippen molar-refractivity contribution >= 4 is 52.4 Å². The van der Waals surface area contributed by atoms with Crippen LogP contribution >= 0.6 is 46.7 Å². The smallest absolute Gasteiger partial charge is 0.329 e. The zero-order valence-electron chi connectivity index (χ0n) is 14.4. The van der Waals surface area contributed by atoms with E-state index in [-0.39, 0.29) is 19.3 Å². The molecule has 4 nitrogen and oxygen atoms in total. The number of anilines is 1. The number of rotatable bonds is 7. The summed E-state index contributed by atoms with van der Waals surface area (Å²) in [5.41, 5.74) is 1.73. The summed E-state index contributed by atoms with van der Waals surface area (Å²) < 4.78 is 24.3. The van der Waals surface area contributed by atoms with Gasteiger partial charge in [0.25, 0.3) is 0 Å². The minimum Gasteiger partial charge on any atom is -0.329 e. The van der Waals surface area contributed by atoms with E-state index in [0.29, 0.717) is 5.02 Å². The molecule has 2 aromatic rings. The first kappa shape index (κ1) is 20.2. The van der Waals surface area contributed by atoms with Gasteiger partial charge >= 0.3 is 7.60 Å². The van der Waals surface area contributed by atoms with Crippen molar-refractivity contribution in [2.24, 2.45) is 0 Å². The fourth-order valence-electron chi connectivity index (χ4n) is 3.04. The van der Waals surface area contributed by atoms with E-state index in [2.05, 4.69) is 15.9 Å². The van der Waals surface area contributed by atoms with Crippen molar-refractivity contribution in [3.8, 4) is 0 Å². The predicted molar refractivity (Wildman–Crippen MR) is 110 cm³/mol. The zero-order chi connectivity index (χ0) is 18.9. The maximum absolute atomic E-state index is 13.5. The Morgan fingerprint density at radius 2 is 1.62 bits per heavy atom. The van der Waals surface area contributed by atoms with E-state index in [4.69, 9.17) is 32.2 Å². The molecule has 0 N–H and O–H groups in total. The lowest BCUT2D eigenvalue weighted by Gasteiger charge is -2.22. The fourth-order valence-corrected chi connectivity index (χ4v) is 6.21. The molecule has 140 valence electrons. The normalized spacial score (nSPS) is 22.5. The third kappa shape index (κ3) is 3.46. The van der Waals surface area contributed by atoms with Crippen molar-refractivity contribution in [3.05, 3.63) is 63.6 Å². The standard InChI is InChI=1S/C18H19BrCl2NO3P/c1-3-24-26(23,25-4-2)18(21)17(13-5-9-15(20)10-6-13)22(18)16-11-7-14(19)8-12-16/h5-12,17H,3-4H2,1-2H3. The lowest BCUT2D eigenvalue weighted by Crippen LogP contribution is -2.16. The van der Waals surface area contributed by atoms with Crippen LogP contribution in [-0.4, -0.2) is 18.0 Å². The number of benzene rings is 2. The van der Waals surface area contributed by atoms with E-state index >= 15 is 0 Å². The van der Waals surface area contributed by atoms with Crippen molar-refractivity contribution in [1.29, 1.82) is 0 Å². The number of alkyl halides is 1. The molecule has 0 amide bonds. The zero-order valence-corrected chi connectivity index (χ0v) is 18.4. The van der Waals surface area contributed by atoms with E-state index in [9.17, 15) is 4.57 Å². The average Bonchev–Trinajstić information content (AvgIpc) is 3.24. The molecule has 3 rings (SSSR count). The highest BCUT2D eigenvalue weighted by Crippen LogP contribution is 2.79. The number of hydrogen-bond donors (Lipinski definition) is 0. The Hall–Kier alpha value is -0.550. The molecule has 1 saturated heterocycles. The van der Waals surface area contributed by atoms with Gasteiger partial charge in [0.2, 0.25) is 4.74 Å². The second-order valence-corrected chi connectivity index (χ2v) is 10.2. The van der Waals surface area contributed by atoms with Gasteiger partial charge in [-0.25, -0.2) is 0 Å². The van der Waals surface area contributed by atoms with Crippen molar-refractivity contribution in [2.75, 3.05) is 18.1 Å². The van der Waals surface area contributed by atoms with Crippen LogP contribution < -0.4 is 4.90 Å². The second-order valence-electron chi connectivity index (χ2n) is 5.77. The molecule has 0 saturated carbocycles. The Kier molecular flexibility index (Phi) is 6.08. The summed E-state index contributed by atoms with van der Waals surface area (Å²) in [6, 6.07) is 14.6. The van der Waals surface area contributed by atoms with Gasteiger partial charge in [-0.2, -0.15) is 0 Å². The van der Waals surface area contributed by atoms with E-state index in [0.717, 1.165) is 15.7 Å². The van der Waals surface area contributed by atoms with Crippen molar-refractivity contribution < 1.29 is 13.6 Å². The molecule has 1 fully saturated rings. The highest BCUT2D eigenvalue weighted by atomic mass is 79.9. The molecule has 0 spiro atoms. The summed E-state index contributed by atoms with van der Waals surface area (Å²) >= 11 is 16.4. The van der Waals surface area contributed by atoms with E-state index in [1.807, 2.05) is 41.3 Å². The Labute approximate surface area is 172 Å². The SMILES string of the molecule is CCOP(=O)(OCC)C1(Cl)C(c2ccc(Cl)cc2)N1c1ccc(Br)cc1. The molecule has 2 atom stereocenters. The van der Waals surface area contributed by atoms with Crippen molar-refractivity contribution in [3.63, 3.8) is 0 Å². The molecule has 2 unspecified atom stereocenters. The van der Waals surface area contributed by atoms with Gasteiger partial charge in [-0.15, -0.1) is 0 Å². The quantitative estimate of drug-likeness (QED) is 0.189. The van der Waals surface area contributed by atoms with Gasteiger partial charge in [0, 0.05) is 15.2 Å². The Morgan fingerprint density at radius 3 is 2.12 bits per heavy atom. The van der Waals surface area contributed by atoms with Crippen molar-refractivity contribution in [2.45, 2.75) is 24.6 Å². The first-order valence-corrected chi connectivity index (χ1v) is 11.3. The summed E-state index contributed by atoms with van der Waals surface area (Å²) in [5, 5.41) is 0.627. The predicted octanol–water partition coefficient (Wildman–Crippen LogP) is 6.82. The topological polar surface area (TPSA) is 38.5 Å². The molecule has 0 bridgehead atoms. The minimum absolute atomic E-state index is 0.243. The third-order valence-electron chi connectivity index (χ3n) is 4.15. The van der Waals surface area contributed by atoms with Gasteiger partial charge in [0.1, 0.15) is 6.04 Å². The molecule has 0 aromatic heterocycles. The average molecular weight is 479 g/mol. The molecule has 1 heterocycles. The van der Waals surface area contributed by atoms with Gasteiger partial charge in [-0.1, -0.05) is 51.3 Å². The third-order valence-corrected chi connectivity index (χ3v) is 8.36. The summed E-state index contributed by atoms with van der Waals surface area (Å²) in [4.78, 5) is 1.87. The van der Waals surface area contributed by atoms with Crippen molar-refractivity contribution in [1.82, 2.24) is 0 Å². The summed E-state index contributed by atoms with van der Waals surface area (Å²) in [7, 11) is -3.61. The van der Waals surface area contributed by atoms with Crippen LogP contribution in [0, 0.1) is 0 Å². The first-order chi connectivity index (χ1) is 12.4. The van der Waals surface area contributed by atoms with Crippen LogP contribution in [0.1, 0.15) is 25.5 Å². The summed E-state index contributed by atoms with van der Waals surface area (Å²) in [6.45, 7) is 4.03. The fraction of sp³-hybridized carbons (Fsp3) is 0.333. The van der Waals surface area contributed by atoms with Crippen LogP contribution in [0.15, 0.2) is 53.0 Å².